The van der Waals surface area contributed by atoms with Crippen LogP contribution >= 0.6 is 0 Å². The van der Waals surface area contributed by atoms with Crippen molar-refractivity contribution in [2.75, 3.05) is 20.7 Å². The summed E-state index contributed by atoms with van der Waals surface area (Å²) >= 11 is 0. The van der Waals surface area contributed by atoms with Gasteiger partial charge in [-0.1, -0.05) is 44.2 Å². The molecule has 1 aromatic rings. The van der Waals surface area contributed by atoms with Crippen molar-refractivity contribution in [2.45, 2.75) is 51.3 Å². The van der Waals surface area contributed by atoms with E-state index in [1.54, 1.807) is 14.1 Å². The number of amides is 1. The third-order valence-corrected chi connectivity index (χ3v) is 4.25. The molecular weight excluding hydrogens is 294 g/mol. The van der Waals surface area contributed by atoms with Crippen molar-refractivity contribution < 1.29 is 19.0 Å². The zero-order valence-corrected chi connectivity index (χ0v) is 14.5. The summed E-state index contributed by atoms with van der Waals surface area (Å²) in [5.74, 6) is -0.691. The Hall–Kier alpha value is -1.43. The first-order valence-corrected chi connectivity index (χ1v) is 8.19. The summed E-state index contributed by atoms with van der Waals surface area (Å²) in [7, 11) is 3.45. The Morgan fingerprint density at radius 2 is 1.96 bits per heavy atom. The lowest BCUT2D eigenvalue weighted by atomic mass is 10.1. The van der Waals surface area contributed by atoms with Crippen molar-refractivity contribution in [1.82, 2.24) is 4.90 Å². The largest absolute Gasteiger partial charge is 0.361 e. The van der Waals surface area contributed by atoms with E-state index in [1.165, 1.54) is 4.90 Å². The summed E-state index contributed by atoms with van der Waals surface area (Å²) in [4.78, 5) is 14.0. The second-order valence-electron chi connectivity index (χ2n) is 6.03. The zero-order valence-electron chi connectivity index (χ0n) is 14.5. The average Bonchev–Trinajstić information content (AvgIpc) is 3.01. The van der Waals surface area contributed by atoms with Crippen molar-refractivity contribution in [2.24, 2.45) is 0 Å². The van der Waals surface area contributed by atoms with Crippen LogP contribution in [0.4, 0.5) is 0 Å². The lowest BCUT2D eigenvalue weighted by Crippen LogP contribution is -2.45. The maximum absolute atomic E-state index is 12.5. The molecule has 1 aliphatic heterocycles. The van der Waals surface area contributed by atoms with Crippen LogP contribution in [0.5, 0.6) is 0 Å². The summed E-state index contributed by atoms with van der Waals surface area (Å²) < 4.78 is 17.8. The highest BCUT2D eigenvalue weighted by molar-refractivity contribution is 5.81. The number of ether oxygens (including phenoxy) is 3. The van der Waals surface area contributed by atoms with Gasteiger partial charge in [-0.2, -0.15) is 0 Å². The number of hydrogen-bond donors (Lipinski definition) is 0. The molecule has 5 heteroatoms. The van der Waals surface area contributed by atoms with E-state index in [1.807, 2.05) is 44.2 Å². The minimum absolute atomic E-state index is 0.0995. The molecule has 2 atom stereocenters. The molecule has 0 spiro atoms. The molecular formula is C18H27NO4. The quantitative estimate of drug-likeness (QED) is 0.774. The monoisotopic (exact) mass is 321 g/mol. The molecule has 5 nitrogen and oxygen atoms in total. The Morgan fingerprint density at radius 1 is 1.30 bits per heavy atom. The molecule has 0 bridgehead atoms. The van der Waals surface area contributed by atoms with E-state index in [0.717, 1.165) is 18.4 Å². The summed E-state index contributed by atoms with van der Waals surface area (Å²) in [5.41, 5.74) is 1.03. The van der Waals surface area contributed by atoms with Gasteiger partial charge in [0.15, 0.2) is 11.9 Å². The highest BCUT2D eigenvalue weighted by atomic mass is 16.8. The maximum Gasteiger partial charge on any atom is 0.254 e. The normalized spacial score (nSPS) is 21.1. The van der Waals surface area contributed by atoms with Crippen molar-refractivity contribution >= 4 is 5.91 Å². The van der Waals surface area contributed by atoms with Gasteiger partial charge in [0.05, 0.1) is 13.2 Å². The van der Waals surface area contributed by atoms with Gasteiger partial charge >= 0.3 is 0 Å². The first kappa shape index (κ1) is 17.9. The van der Waals surface area contributed by atoms with Crippen molar-refractivity contribution in [3.63, 3.8) is 0 Å². The molecule has 1 fully saturated rings. The van der Waals surface area contributed by atoms with Crippen LogP contribution < -0.4 is 0 Å². The third kappa shape index (κ3) is 4.31. The van der Waals surface area contributed by atoms with Crippen LogP contribution in [-0.4, -0.2) is 49.5 Å². The van der Waals surface area contributed by atoms with Gasteiger partial charge in [0.2, 0.25) is 0 Å². The van der Waals surface area contributed by atoms with Gasteiger partial charge in [-0.25, -0.2) is 0 Å². The number of likely N-dealkylation sites (N-methyl/N-ethyl adjacent to an activating group) is 1. The van der Waals surface area contributed by atoms with Crippen molar-refractivity contribution in [1.29, 1.82) is 0 Å². The third-order valence-electron chi connectivity index (χ3n) is 4.25. The van der Waals surface area contributed by atoms with Crippen LogP contribution in [0.2, 0.25) is 0 Å². The van der Waals surface area contributed by atoms with E-state index in [-0.39, 0.29) is 12.0 Å². The van der Waals surface area contributed by atoms with Crippen molar-refractivity contribution in [3.8, 4) is 0 Å². The maximum atomic E-state index is 12.5. The molecule has 128 valence electrons. The van der Waals surface area contributed by atoms with Crippen LogP contribution in [0.15, 0.2) is 30.3 Å². The van der Waals surface area contributed by atoms with Crippen LogP contribution in [0, 0.1) is 0 Å². The summed E-state index contributed by atoms with van der Waals surface area (Å²) in [6.07, 6.45) is 0.460. The minimum Gasteiger partial charge on any atom is -0.361 e. The lowest BCUT2D eigenvalue weighted by molar-refractivity contribution is -0.190. The van der Waals surface area contributed by atoms with Crippen LogP contribution in [0.25, 0.3) is 0 Å². The molecule has 1 amide bonds. The second-order valence-corrected chi connectivity index (χ2v) is 6.03. The Morgan fingerprint density at radius 3 is 2.48 bits per heavy atom. The van der Waals surface area contributed by atoms with E-state index in [0.29, 0.717) is 13.2 Å². The number of nitrogens with zero attached hydrogens (tertiary/aromatic N) is 1. The van der Waals surface area contributed by atoms with Gasteiger partial charge in [0, 0.05) is 14.1 Å². The van der Waals surface area contributed by atoms with Gasteiger partial charge in [-0.3, -0.25) is 4.79 Å². The molecule has 0 aliphatic carbocycles. The highest BCUT2D eigenvalue weighted by Crippen LogP contribution is 2.32. The average molecular weight is 321 g/mol. The van der Waals surface area contributed by atoms with E-state index < -0.39 is 11.9 Å². The Bertz CT molecular complexity index is 499. The van der Waals surface area contributed by atoms with Gasteiger partial charge in [0.1, 0.15) is 6.10 Å². The summed E-state index contributed by atoms with van der Waals surface area (Å²) in [6, 6.07) is 9.82. The van der Waals surface area contributed by atoms with Gasteiger partial charge in [-0.05, 0) is 18.4 Å². The number of benzene rings is 1. The van der Waals surface area contributed by atoms with Crippen molar-refractivity contribution in [3.05, 3.63) is 35.9 Å². The first-order chi connectivity index (χ1) is 11.0. The fourth-order valence-corrected chi connectivity index (χ4v) is 2.70. The van der Waals surface area contributed by atoms with Gasteiger partial charge in [0.25, 0.3) is 5.91 Å². The molecule has 0 aromatic heterocycles. The first-order valence-electron chi connectivity index (χ1n) is 8.19. The topological polar surface area (TPSA) is 48.0 Å². The van der Waals surface area contributed by atoms with E-state index in [2.05, 4.69) is 0 Å². The number of rotatable bonds is 7. The van der Waals surface area contributed by atoms with E-state index in [4.69, 9.17) is 14.2 Å². The molecule has 23 heavy (non-hydrogen) atoms. The molecule has 0 saturated carbocycles. The predicted octanol–water partition coefficient (Wildman–Crippen LogP) is 2.59. The number of carbonyl (C=O) groups is 1. The molecule has 1 aliphatic rings. The van der Waals surface area contributed by atoms with Crippen LogP contribution in [-0.2, 0) is 25.6 Å². The molecule has 0 radical (unpaired) electrons. The Balaban J connectivity index is 2.07. The predicted molar refractivity (Wildman–Crippen MR) is 87.9 cm³/mol. The van der Waals surface area contributed by atoms with Crippen LogP contribution in [0.3, 0.4) is 0 Å². The standard InChI is InChI=1S/C18H27NO4/c1-5-18(6-2)22-13-15(23-18)16(17(20)19(3)4)21-12-14-10-8-7-9-11-14/h7-11,15-16H,5-6,12-13H2,1-4H3/t15-,16-/m1/s1. The molecule has 0 N–H and O–H groups in total. The SMILES string of the molecule is CCC1(CC)OC[C@H]([C@@H](OCc2ccccc2)C(=O)N(C)C)O1. The van der Waals surface area contributed by atoms with E-state index in [9.17, 15) is 4.79 Å². The molecule has 1 saturated heterocycles. The molecule has 1 heterocycles. The minimum atomic E-state index is -0.662. The molecule has 2 rings (SSSR count). The smallest absolute Gasteiger partial charge is 0.254 e. The fourth-order valence-electron chi connectivity index (χ4n) is 2.70. The van der Waals surface area contributed by atoms with Gasteiger partial charge in [-0.15, -0.1) is 0 Å². The fraction of sp³-hybridized carbons (Fsp3) is 0.611. The number of hydrogen-bond acceptors (Lipinski definition) is 4. The number of carbonyl (C=O) groups excluding carboxylic acids is 1. The Labute approximate surface area is 138 Å². The second kappa shape index (κ2) is 7.90. The van der Waals surface area contributed by atoms with E-state index >= 15 is 0 Å². The lowest BCUT2D eigenvalue weighted by Gasteiger charge is -2.28. The summed E-state index contributed by atoms with van der Waals surface area (Å²) in [6.45, 7) is 4.80. The van der Waals surface area contributed by atoms with Gasteiger partial charge < -0.3 is 19.1 Å². The Kier molecular flexibility index (Phi) is 6.16. The highest BCUT2D eigenvalue weighted by Gasteiger charge is 2.44. The zero-order chi connectivity index (χ0) is 16.9. The summed E-state index contributed by atoms with van der Waals surface area (Å²) in [5, 5.41) is 0. The van der Waals surface area contributed by atoms with Crippen LogP contribution in [0.1, 0.15) is 32.3 Å². The molecule has 0 unspecified atom stereocenters. The molecule has 1 aromatic carbocycles.